The van der Waals surface area contributed by atoms with Crippen LogP contribution in [0.15, 0.2) is 53.0 Å². The van der Waals surface area contributed by atoms with Gasteiger partial charge in [-0.15, -0.1) is 0 Å². The molecule has 2 aromatic carbocycles. The van der Waals surface area contributed by atoms with Gasteiger partial charge in [-0.2, -0.15) is 0 Å². The van der Waals surface area contributed by atoms with E-state index in [-0.39, 0.29) is 0 Å². The smallest absolute Gasteiger partial charge is 0.118 e. The average Bonchev–Trinajstić information content (AvgIpc) is 2.97. The summed E-state index contributed by atoms with van der Waals surface area (Å²) in [6.45, 7) is 1.12. The van der Waals surface area contributed by atoms with Gasteiger partial charge in [-0.25, -0.2) is 0 Å². The number of anilines is 1. The Morgan fingerprint density at radius 1 is 1.05 bits per heavy atom. The second kappa shape index (κ2) is 5.88. The van der Waals surface area contributed by atoms with E-state index in [9.17, 15) is 0 Å². The maximum atomic E-state index is 5.24. The minimum atomic E-state index is 0.474. The third kappa shape index (κ3) is 2.68. The normalized spacial score (nSPS) is 18.3. The Bertz CT molecular complexity index is 565. The van der Waals surface area contributed by atoms with Crippen LogP contribution >= 0.6 is 15.9 Å². The Morgan fingerprint density at radius 3 is 2.40 bits per heavy atom. The highest BCUT2D eigenvalue weighted by Gasteiger charge is 2.26. The first-order valence-corrected chi connectivity index (χ1v) is 7.73. The van der Waals surface area contributed by atoms with E-state index >= 15 is 0 Å². The van der Waals surface area contributed by atoms with Gasteiger partial charge in [0.05, 0.1) is 13.2 Å². The molecule has 2 aromatic rings. The van der Waals surface area contributed by atoms with Crippen molar-refractivity contribution in [1.29, 1.82) is 0 Å². The van der Waals surface area contributed by atoms with Crippen molar-refractivity contribution in [2.24, 2.45) is 0 Å². The molecule has 1 saturated heterocycles. The summed E-state index contributed by atoms with van der Waals surface area (Å²) in [6, 6.07) is 17.5. The Morgan fingerprint density at radius 2 is 1.75 bits per heavy atom. The van der Waals surface area contributed by atoms with E-state index in [1.165, 1.54) is 24.1 Å². The quantitative estimate of drug-likeness (QED) is 0.801. The van der Waals surface area contributed by atoms with Crippen LogP contribution in [0, 0.1) is 0 Å². The Labute approximate surface area is 128 Å². The molecule has 1 atom stereocenters. The Kier molecular flexibility index (Phi) is 3.97. The maximum Gasteiger partial charge on any atom is 0.118 e. The van der Waals surface area contributed by atoms with Crippen LogP contribution in [0.5, 0.6) is 5.75 Å². The molecule has 20 heavy (non-hydrogen) atoms. The molecule has 1 fully saturated rings. The van der Waals surface area contributed by atoms with Crippen molar-refractivity contribution in [3.8, 4) is 5.75 Å². The molecule has 3 rings (SSSR count). The lowest BCUT2D eigenvalue weighted by atomic mass is 10.0. The first-order chi connectivity index (χ1) is 9.78. The van der Waals surface area contributed by atoms with Crippen molar-refractivity contribution in [2.45, 2.75) is 18.9 Å². The van der Waals surface area contributed by atoms with Crippen LogP contribution in [-0.4, -0.2) is 13.7 Å². The van der Waals surface area contributed by atoms with Crippen LogP contribution in [-0.2, 0) is 0 Å². The molecule has 104 valence electrons. The molecular formula is C17H18BrNO. The highest BCUT2D eigenvalue weighted by atomic mass is 79.9. The molecular weight excluding hydrogens is 314 g/mol. The molecule has 0 spiro atoms. The second-order valence-corrected chi connectivity index (χ2v) is 6.02. The molecule has 2 nitrogen and oxygen atoms in total. The summed E-state index contributed by atoms with van der Waals surface area (Å²) in [5.41, 5.74) is 2.66. The molecule has 1 unspecified atom stereocenters. The van der Waals surface area contributed by atoms with Crippen molar-refractivity contribution < 1.29 is 4.74 Å². The SMILES string of the molecule is COc1ccc(C2CCCN2c2ccc(Br)cc2)cc1. The largest absolute Gasteiger partial charge is 0.497 e. The van der Waals surface area contributed by atoms with Gasteiger partial charge in [-0.3, -0.25) is 0 Å². The van der Waals surface area contributed by atoms with Gasteiger partial charge < -0.3 is 9.64 Å². The van der Waals surface area contributed by atoms with Crippen molar-refractivity contribution in [1.82, 2.24) is 0 Å². The number of hydrogen-bond acceptors (Lipinski definition) is 2. The highest BCUT2D eigenvalue weighted by Crippen LogP contribution is 2.36. The van der Waals surface area contributed by atoms with Crippen LogP contribution in [0.4, 0.5) is 5.69 Å². The average molecular weight is 332 g/mol. The van der Waals surface area contributed by atoms with E-state index in [0.717, 1.165) is 16.8 Å². The summed E-state index contributed by atoms with van der Waals surface area (Å²) in [5, 5.41) is 0. The predicted molar refractivity (Wildman–Crippen MR) is 86.5 cm³/mol. The van der Waals surface area contributed by atoms with Crippen molar-refractivity contribution in [3.05, 3.63) is 58.6 Å². The number of methoxy groups -OCH3 is 1. The predicted octanol–water partition coefficient (Wildman–Crippen LogP) is 4.80. The molecule has 1 aliphatic rings. The number of rotatable bonds is 3. The van der Waals surface area contributed by atoms with Crippen molar-refractivity contribution in [2.75, 3.05) is 18.6 Å². The summed E-state index contributed by atoms with van der Waals surface area (Å²) in [6.07, 6.45) is 2.45. The summed E-state index contributed by atoms with van der Waals surface area (Å²) >= 11 is 3.50. The molecule has 0 aliphatic carbocycles. The lowest BCUT2D eigenvalue weighted by Crippen LogP contribution is -2.22. The first kappa shape index (κ1) is 13.5. The monoisotopic (exact) mass is 331 g/mol. The molecule has 3 heteroatoms. The van der Waals surface area contributed by atoms with Crippen molar-refractivity contribution >= 4 is 21.6 Å². The molecule has 0 bridgehead atoms. The summed E-state index contributed by atoms with van der Waals surface area (Å²) < 4.78 is 6.36. The fourth-order valence-corrected chi connectivity index (χ4v) is 3.15. The molecule has 0 aromatic heterocycles. The Hall–Kier alpha value is -1.48. The number of halogens is 1. The summed E-state index contributed by atoms with van der Waals surface area (Å²) in [4.78, 5) is 2.49. The Balaban J connectivity index is 1.86. The van der Waals surface area contributed by atoms with Crippen LogP contribution in [0.1, 0.15) is 24.4 Å². The van der Waals surface area contributed by atoms with E-state index in [2.05, 4.69) is 57.2 Å². The minimum absolute atomic E-state index is 0.474. The lowest BCUT2D eigenvalue weighted by molar-refractivity contribution is 0.414. The topological polar surface area (TPSA) is 12.5 Å². The van der Waals surface area contributed by atoms with Gasteiger partial charge in [0.25, 0.3) is 0 Å². The number of ether oxygens (including phenoxy) is 1. The van der Waals surface area contributed by atoms with E-state index < -0.39 is 0 Å². The van der Waals surface area contributed by atoms with E-state index in [0.29, 0.717) is 6.04 Å². The third-order valence-corrected chi connectivity index (χ3v) is 4.44. The van der Waals surface area contributed by atoms with Crippen LogP contribution in [0.2, 0.25) is 0 Å². The second-order valence-electron chi connectivity index (χ2n) is 5.10. The molecule has 0 saturated carbocycles. The molecule has 0 N–H and O–H groups in total. The molecule has 1 aliphatic heterocycles. The zero-order chi connectivity index (χ0) is 13.9. The van der Waals surface area contributed by atoms with E-state index in [4.69, 9.17) is 4.74 Å². The van der Waals surface area contributed by atoms with Crippen molar-refractivity contribution in [3.63, 3.8) is 0 Å². The van der Waals surface area contributed by atoms with Gasteiger partial charge in [-0.1, -0.05) is 28.1 Å². The molecule has 0 amide bonds. The maximum absolute atomic E-state index is 5.24. The van der Waals surface area contributed by atoms with Crippen LogP contribution < -0.4 is 9.64 Å². The third-order valence-electron chi connectivity index (χ3n) is 3.91. The van der Waals surface area contributed by atoms with Gasteiger partial charge in [0.15, 0.2) is 0 Å². The van der Waals surface area contributed by atoms with Crippen LogP contribution in [0.3, 0.4) is 0 Å². The summed E-state index contributed by atoms with van der Waals surface area (Å²) in [7, 11) is 1.71. The zero-order valence-corrected chi connectivity index (χ0v) is 13.1. The van der Waals surface area contributed by atoms with Gasteiger partial charge in [-0.05, 0) is 54.8 Å². The van der Waals surface area contributed by atoms with Crippen LogP contribution in [0.25, 0.3) is 0 Å². The number of benzene rings is 2. The van der Waals surface area contributed by atoms with Gasteiger partial charge in [0.2, 0.25) is 0 Å². The number of hydrogen-bond donors (Lipinski definition) is 0. The molecule has 1 heterocycles. The highest BCUT2D eigenvalue weighted by molar-refractivity contribution is 9.10. The zero-order valence-electron chi connectivity index (χ0n) is 11.6. The lowest BCUT2D eigenvalue weighted by Gasteiger charge is -2.27. The fourth-order valence-electron chi connectivity index (χ4n) is 2.88. The standard InChI is InChI=1S/C17H18BrNO/c1-20-16-10-4-13(5-11-16)17-3-2-12-19(17)15-8-6-14(18)7-9-15/h4-11,17H,2-3,12H2,1H3. The summed E-state index contributed by atoms with van der Waals surface area (Å²) in [5.74, 6) is 0.918. The minimum Gasteiger partial charge on any atom is -0.497 e. The van der Waals surface area contributed by atoms with Gasteiger partial charge in [0.1, 0.15) is 5.75 Å². The van der Waals surface area contributed by atoms with Gasteiger partial charge in [0, 0.05) is 16.7 Å². The van der Waals surface area contributed by atoms with E-state index in [1.54, 1.807) is 7.11 Å². The molecule has 0 radical (unpaired) electrons. The van der Waals surface area contributed by atoms with E-state index in [1.807, 2.05) is 12.1 Å². The number of nitrogens with zero attached hydrogens (tertiary/aromatic N) is 1. The first-order valence-electron chi connectivity index (χ1n) is 6.94. The fraction of sp³-hybridized carbons (Fsp3) is 0.294. The van der Waals surface area contributed by atoms with Gasteiger partial charge >= 0.3 is 0 Å².